The van der Waals surface area contributed by atoms with Gasteiger partial charge in [-0.15, -0.1) is 11.3 Å². The van der Waals surface area contributed by atoms with Crippen LogP contribution in [-0.2, 0) is 4.74 Å². The highest BCUT2D eigenvalue weighted by atomic mass is 32.1. The molecule has 21 heavy (non-hydrogen) atoms. The zero-order chi connectivity index (χ0) is 14.7. The predicted molar refractivity (Wildman–Crippen MR) is 77.8 cm³/mol. The normalized spacial score (nSPS) is 20.9. The van der Waals surface area contributed by atoms with E-state index in [0.717, 1.165) is 12.0 Å². The van der Waals surface area contributed by atoms with Crippen LogP contribution in [0.4, 0.5) is 0 Å². The molecule has 0 spiro atoms. The van der Waals surface area contributed by atoms with Gasteiger partial charge in [-0.25, -0.2) is 0 Å². The van der Waals surface area contributed by atoms with Crippen molar-refractivity contribution in [1.82, 2.24) is 10.3 Å². The summed E-state index contributed by atoms with van der Waals surface area (Å²) in [6, 6.07) is 7.38. The van der Waals surface area contributed by atoms with E-state index in [2.05, 4.69) is 10.3 Å². The topological polar surface area (TPSA) is 75.0 Å². The average Bonchev–Trinajstić information content (AvgIpc) is 3.16. The highest BCUT2D eigenvalue weighted by Crippen LogP contribution is 2.29. The second-order valence-corrected chi connectivity index (χ2v) is 5.64. The number of thiophene rings is 1. The molecule has 2 atom stereocenters. The molecule has 0 unspecified atom stereocenters. The molecule has 3 heterocycles. The SMILES string of the molecule is N#Cc1ccsc1C(=O)N[C@H]1CCO[C@@H]1c1cccnc1. The van der Waals surface area contributed by atoms with Crippen molar-refractivity contribution in [2.75, 3.05) is 6.61 Å². The van der Waals surface area contributed by atoms with Crippen LogP contribution in [0, 0.1) is 11.3 Å². The number of hydrogen-bond acceptors (Lipinski definition) is 5. The second kappa shape index (κ2) is 6.04. The maximum atomic E-state index is 12.3. The number of aromatic nitrogens is 1. The van der Waals surface area contributed by atoms with Crippen LogP contribution in [0.1, 0.15) is 33.3 Å². The molecule has 1 N–H and O–H groups in total. The molecule has 0 radical (unpaired) electrons. The Kier molecular flexibility index (Phi) is 3.95. The summed E-state index contributed by atoms with van der Waals surface area (Å²) in [6.07, 6.45) is 4.02. The van der Waals surface area contributed by atoms with Crippen LogP contribution in [0.2, 0.25) is 0 Å². The monoisotopic (exact) mass is 299 g/mol. The Hall–Kier alpha value is -2.23. The minimum absolute atomic E-state index is 0.102. The lowest BCUT2D eigenvalue weighted by molar-refractivity contribution is 0.0823. The number of carbonyl (C=O) groups excluding carboxylic acids is 1. The molecule has 3 rings (SSSR count). The lowest BCUT2D eigenvalue weighted by Gasteiger charge is -2.19. The molecule has 6 heteroatoms. The van der Waals surface area contributed by atoms with Crippen LogP contribution >= 0.6 is 11.3 Å². The second-order valence-electron chi connectivity index (χ2n) is 4.72. The first-order valence-electron chi connectivity index (χ1n) is 6.59. The van der Waals surface area contributed by atoms with Crippen molar-refractivity contribution < 1.29 is 9.53 Å². The fourth-order valence-corrected chi connectivity index (χ4v) is 3.16. The quantitative estimate of drug-likeness (QED) is 0.943. The molecular formula is C15H13N3O2S. The molecular weight excluding hydrogens is 286 g/mol. The van der Waals surface area contributed by atoms with Crippen LogP contribution in [0.3, 0.4) is 0 Å². The molecule has 1 aliphatic heterocycles. The molecule has 0 bridgehead atoms. The van der Waals surface area contributed by atoms with Gasteiger partial charge in [0.05, 0.1) is 11.6 Å². The lowest BCUT2D eigenvalue weighted by atomic mass is 10.0. The minimum atomic E-state index is -0.217. The van der Waals surface area contributed by atoms with Crippen molar-refractivity contribution in [1.29, 1.82) is 5.26 Å². The molecule has 2 aromatic rings. The molecule has 106 valence electrons. The van der Waals surface area contributed by atoms with E-state index in [1.165, 1.54) is 11.3 Å². The van der Waals surface area contributed by atoms with Crippen molar-refractivity contribution in [3.63, 3.8) is 0 Å². The molecule has 0 aromatic carbocycles. The van der Waals surface area contributed by atoms with Crippen LogP contribution in [0.25, 0.3) is 0 Å². The van der Waals surface area contributed by atoms with E-state index in [4.69, 9.17) is 10.00 Å². The molecule has 5 nitrogen and oxygen atoms in total. The third kappa shape index (κ3) is 2.79. The first-order valence-corrected chi connectivity index (χ1v) is 7.47. The molecule has 1 aliphatic rings. The molecule has 1 fully saturated rings. The highest BCUT2D eigenvalue weighted by molar-refractivity contribution is 7.12. The maximum absolute atomic E-state index is 12.3. The van der Waals surface area contributed by atoms with Crippen LogP contribution in [-0.4, -0.2) is 23.5 Å². The van der Waals surface area contributed by atoms with E-state index in [0.29, 0.717) is 17.0 Å². The van der Waals surface area contributed by atoms with Gasteiger partial charge in [0.25, 0.3) is 5.91 Å². The number of nitrogens with zero attached hydrogens (tertiary/aromatic N) is 2. The van der Waals surface area contributed by atoms with Crippen LogP contribution < -0.4 is 5.32 Å². The summed E-state index contributed by atoms with van der Waals surface area (Å²) in [5.74, 6) is -0.217. The lowest BCUT2D eigenvalue weighted by Crippen LogP contribution is -2.36. The summed E-state index contributed by atoms with van der Waals surface area (Å²) in [6.45, 7) is 0.597. The zero-order valence-corrected chi connectivity index (χ0v) is 12.0. The Morgan fingerprint density at radius 2 is 2.43 bits per heavy atom. The van der Waals surface area contributed by atoms with Crippen molar-refractivity contribution in [3.05, 3.63) is 52.0 Å². The Balaban J connectivity index is 1.75. The molecule has 0 aliphatic carbocycles. The van der Waals surface area contributed by atoms with E-state index in [1.807, 2.05) is 18.2 Å². The zero-order valence-electron chi connectivity index (χ0n) is 11.2. The van der Waals surface area contributed by atoms with Crippen molar-refractivity contribution in [3.8, 4) is 6.07 Å². The Morgan fingerprint density at radius 3 is 3.19 bits per heavy atom. The number of ether oxygens (including phenoxy) is 1. The van der Waals surface area contributed by atoms with E-state index in [-0.39, 0.29) is 18.1 Å². The summed E-state index contributed by atoms with van der Waals surface area (Å²) in [7, 11) is 0. The first kappa shape index (κ1) is 13.7. The van der Waals surface area contributed by atoms with Crippen LogP contribution in [0.15, 0.2) is 36.0 Å². The number of nitrogens with one attached hydrogen (secondary N) is 1. The van der Waals surface area contributed by atoms with Gasteiger partial charge in [-0.2, -0.15) is 5.26 Å². The van der Waals surface area contributed by atoms with Crippen molar-refractivity contribution in [2.24, 2.45) is 0 Å². The summed E-state index contributed by atoms with van der Waals surface area (Å²) in [4.78, 5) is 16.8. The molecule has 2 aromatic heterocycles. The summed E-state index contributed by atoms with van der Waals surface area (Å²) in [5, 5.41) is 13.7. The summed E-state index contributed by atoms with van der Waals surface area (Å²) in [5.41, 5.74) is 1.36. The third-order valence-electron chi connectivity index (χ3n) is 3.41. The number of hydrogen-bond donors (Lipinski definition) is 1. The van der Waals surface area contributed by atoms with Crippen LogP contribution in [0.5, 0.6) is 0 Å². The van der Waals surface area contributed by atoms with Gasteiger partial charge in [-0.3, -0.25) is 9.78 Å². The summed E-state index contributed by atoms with van der Waals surface area (Å²) < 4.78 is 5.71. The van der Waals surface area contributed by atoms with Gasteiger partial charge >= 0.3 is 0 Å². The number of amides is 1. The Labute approximate surface area is 126 Å². The number of pyridine rings is 1. The minimum Gasteiger partial charge on any atom is -0.371 e. The number of nitriles is 1. The average molecular weight is 299 g/mol. The highest BCUT2D eigenvalue weighted by Gasteiger charge is 2.31. The van der Waals surface area contributed by atoms with Gasteiger partial charge < -0.3 is 10.1 Å². The van der Waals surface area contributed by atoms with Gasteiger partial charge in [-0.1, -0.05) is 6.07 Å². The maximum Gasteiger partial charge on any atom is 0.263 e. The Bertz CT molecular complexity index is 678. The smallest absolute Gasteiger partial charge is 0.263 e. The van der Waals surface area contributed by atoms with Gasteiger partial charge in [0.15, 0.2) is 0 Å². The third-order valence-corrected chi connectivity index (χ3v) is 4.33. The van der Waals surface area contributed by atoms with E-state index >= 15 is 0 Å². The van der Waals surface area contributed by atoms with E-state index in [1.54, 1.807) is 23.8 Å². The van der Waals surface area contributed by atoms with Crippen molar-refractivity contribution >= 4 is 17.2 Å². The fourth-order valence-electron chi connectivity index (χ4n) is 2.42. The first-order chi connectivity index (χ1) is 10.3. The Morgan fingerprint density at radius 1 is 1.52 bits per heavy atom. The van der Waals surface area contributed by atoms with Gasteiger partial charge in [0.2, 0.25) is 0 Å². The standard InChI is InChI=1S/C15H13N3O2S/c16-8-10-4-7-21-14(10)15(19)18-12-3-6-20-13(12)11-2-1-5-17-9-11/h1-2,4-5,7,9,12-13H,3,6H2,(H,18,19)/t12-,13+/m0/s1. The van der Waals surface area contributed by atoms with Gasteiger partial charge in [0, 0.05) is 24.6 Å². The summed E-state index contributed by atoms with van der Waals surface area (Å²) >= 11 is 1.27. The van der Waals surface area contributed by atoms with Crippen molar-refractivity contribution in [2.45, 2.75) is 18.6 Å². The predicted octanol–water partition coefficient (Wildman–Crippen LogP) is 2.27. The van der Waals surface area contributed by atoms with E-state index in [9.17, 15) is 4.79 Å². The van der Waals surface area contributed by atoms with Gasteiger partial charge in [-0.05, 0) is 23.9 Å². The number of carbonyl (C=O) groups is 1. The largest absolute Gasteiger partial charge is 0.371 e. The number of rotatable bonds is 3. The fraction of sp³-hybridized carbons (Fsp3) is 0.267. The molecule has 0 saturated carbocycles. The molecule has 1 amide bonds. The van der Waals surface area contributed by atoms with Gasteiger partial charge in [0.1, 0.15) is 17.1 Å². The molecule has 1 saturated heterocycles. The van der Waals surface area contributed by atoms with E-state index < -0.39 is 0 Å².